The molecule has 0 aliphatic rings. The van der Waals surface area contributed by atoms with Gasteiger partial charge in [0.2, 0.25) is 5.91 Å². The maximum Gasteiger partial charge on any atom is 0.239 e. The molecule has 0 saturated heterocycles. The van der Waals surface area contributed by atoms with Gasteiger partial charge in [-0.2, -0.15) is 5.10 Å². The number of nitrogens with two attached hydrogens (primary N) is 1. The van der Waals surface area contributed by atoms with E-state index in [2.05, 4.69) is 48.5 Å². The van der Waals surface area contributed by atoms with Crippen LogP contribution in [0.1, 0.15) is 24.5 Å². The van der Waals surface area contributed by atoms with Gasteiger partial charge in [0, 0.05) is 12.2 Å². The SMILES string of the molecule is Cc1cccc(CCC(C)Nc2cnn(CC(N)=O)c2)c1. The summed E-state index contributed by atoms with van der Waals surface area (Å²) in [6.07, 6.45) is 5.58. The molecule has 0 aliphatic heterocycles. The molecule has 0 radical (unpaired) electrons. The van der Waals surface area contributed by atoms with Crippen LogP contribution in [0.3, 0.4) is 0 Å². The highest BCUT2D eigenvalue weighted by atomic mass is 16.1. The van der Waals surface area contributed by atoms with Crippen LogP contribution in [0.4, 0.5) is 5.69 Å². The summed E-state index contributed by atoms with van der Waals surface area (Å²) in [5.41, 5.74) is 8.70. The van der Waals surface area contributed by atoms with Crippen molar-refractivity contribution in [2.75, 3.05) is 5.32 Å². The van der Waals surface area contributed by atoms with E-state index in [1.807, 2.05) is 0 Å². The van der Waals surface area contributed by atoms with E-state index < -0.39 is 5.91 Å². The molecule has 0 saturated carbocycles. The number of hydrogen-bond donors (Lipinski definition) is 2. The molecule has 2 aromatic rings. The number of rotatable bonds is 7. The van der Waals surface area contributed by atoms with Gasteiger partial charge in [0.05, 0.1) is 11.9 Å². The number of primary amides is 1. The Labute approximate surface area is 125 Å². The predicted molar refractivity (Wildman–Crippen MR) is 84.0 cm³/mol. The van der Waals surface area contributed by atoms with Gasteiger partial charge >= 0.3 is 0 Å². The minimum absolute atomic E-state index is 0.110. The molecule has 0 spiro atoms. The summed E-state index contributed by atoms with van der Waals surface area (Å²) >= 11 is 0. The van der Waals surface area contributed by atoms with Crippen molar-refractivity contribution in [2.45, 2.75) is 39.3 Å². The smallest absolute Gasteiger partial charge is 0.239 e. The fraction of sp³-hybridized carbons (Fsp3) is 0.375. The standard InChI is InChI=1S/C16H22N4O/c1-12-4-3-5-14(8-12)7-6-13(2)19-15-9-18-20(10-15)11-16(17)21/h3-5,8-10,13,19H,6-7,11H2,1-2H3,(H2,17,21). The second kappa shape index (κ2) is 6.92. The van der Waals surface area contributed by atoms with Gasteiger partial charge in [-0.05, 0) is 32.3 Å². The largest absolute Gasteiger partial charge is 0.380 e. The summed E-state index contributed by atoms with van der Waals surface area (Å²) in [5, 5.41) is 7.48. The van der Waals surface area contributed by atoms with Gasteiger partial charge in [-0.25, -0.2) is 0 Å². The van der Waals surface area contributed by atoms with E-state index in [0.29, 0.717) is 6.04 Å². The molecule has 1 aromatic carbocycles. The van der Waals surface area contributed by atoms with Crippen molar-refractivity contribution in [1.29, 1.82) is 0 Å². The lowest BCUT2D eigenvalue weighted by Crippen LogP contribution is -2.19. The molecule has 1 heterocycles. The first-order valence-electron chi connectivity index (χ1n) is 7.16. The van der Waals surface area contributed by atoms with E-state index >= 15 is 0 Å². The second-order valence-corrected chi connectivity index (χ2v) is 5.47. The average molecular weight is 286 g/mol. The molecule has 0 aliphatic carbocycles. The number of amides is 1. The number of nitrogens with one attached hydrogen (secondary N) is 1. The molecule has 5 nitrogen and oxygen atoms in total. The summed E-state index contributed by atoms with van der Waals surface area (Å²) in [7, 11) is 0. The zero-order chi connectivity index (χ0) is 15.2. The van der Waals surface area contributed by atoms with E-state index in [0.717, 1.165) is 18.5 Å². The van der Waals surface area contributed by atoms with Gasteiger partial charge in [0.1, 0.15) is 6.54 Å². The molecule has 21 heavy (non-hydrogen) atoms. The van der Waals surface area contributed by atoms with E-state index in [1.165, 1.54) is 15.8 Å². The highest BCUT2D eigenvalue weighted by molar-refractivity contribution is 5.73. The summed E-state index contributed by atoms with van der Waals surface area (Å²) < 4.78 is 1.54. The number of aryl methyl sites for hydroxylation is 2. The van der Waals surface area contributed by atoms with Crippen molar-refractivity contribution in [2.24, 2.45) is 5.73 Å². The number of carbonyl (C=O) groups is 1. The number of carbonyl (C=O) groups excluding carboxylic acids is 1. The number of benzene rings is 1. The number of nitrogens with zero attached hydrogens (tertiary/aromatic N) is 2. The lowest BCUT2D eigenvalue weighted by molar-refractivity contribution is -0.118. The lowest BCUT2D eigenvalue weighted by Gasteiger charge is -2.13. The maximum atomic E-state index is 10.8. The molecule has 5 heteroatoms. The quantitative estimate of drug-likeness (QED) is 0.818. The molecular formula is C16H22N4O. The highest BCUT2D eigenvalue weighted by Crippen LogP contribution is 2.12. The van der Waals surface area contributed by atoms with Crippen LogP contribution < -0.4 is 11.1 Å². The molecule has 1 amide bonds. The zero-order valence-corrected chi connectivity index (χ0v) is 12.5. The first-order valence-corrected chi connectivity index (χ1v) is 7.16. The van der Waals surface area contributed by atoms with Gasteiger partial charge in [0.25, 0.3) is 0 Å². The van der Waals surface area contributed by atoms with Crippen molar-refractivity contribution < 1.29 is 4.79 Å². The molecule has 112 valence electrons. The van der Waals surface area contributed by atoms with Crippen LogP contribution >= 0.6 is 0 Å². The maximum absolute atomic E-state index is 10.8. The predicted octanol–water partition coefficient (Wildman–Crippen LogP) is 2.11. The molecule has 0 fully saturated rings. The summed E-state index contributed by atoms with van der Waals surface area (Å²) in [6, 6.07) is 8.91. The van der Waals surface area contributed by atoms with Gasteiger partial charge in [-0.1, -0.05) is 29.8 Å². The van der Waals surface area contributed by atoms with Crippen molar-refractivity contribution in [3.05, 3.63) is 47.8 Å². The second-order valence-electron chi connectivity index (χ2n) is 5.47. The molecule has 0 bridgehead atoms. The Morgan fingerprint density at radius 1 is 1.48 bits per heavy atom. The van der Waals surface area contributed by atoms with E-state index in [9.17, 15) is 4.79 Å². The number of anilines is 1. The normalized spacial score (nSPS) is 12.1. The molecule has 1 aromatic heterocycles. The number of aromatic nitrogens is 2. The summed E-state index contributed by atoms with van der Waals surface area (Å²) in [4.78, 5) is 10.8. The van der Waals surface area contributed by atoms with Crippen LogP contribution in [-0.4, -0.2) is 21.7 Å². The van der Waals surface area contributed by atoms with E-state index in [-0.39, 0.29) is 6.54 Å². The van der Waals surface area contributed by atoms with Crippen LogP contribution in [0, 0.1) is 6.92 Å². The Bertz CT molecular complexity index is 606. The summed E-state index contributed by atoms with van der Waals surface area (Å²) in [5.74, 6) is -0.392. The Kier molecular flexibility index (Phi) is 4.98. The van der Waals surface area contributed by atoms with Crippen molar-refractivity contribution >= 4 is 11.6 Å². The molecule has 1 atom stereocenters. The third-order valence-corrected chi connectivity index (χ3v) is 3.31. The Hall–Kier alpha value is -2.30. The first kappa shape index (κ1) is 15.1. The summed E-state index contributed by atoms with van der Waals surface area (Å²) in [6.45, 7) is 4.36. The lowest BCUT2D eigenvalue weighted by atomic mass is 10.0. The topological polar surface area (TPSA) is 72.9 Å². The Morgan fingerprint density at radius 2 is 2.29 bits per heavy atom. The highest BCUT2D eigenvalue weighted by Gasteiger charge is 2.06. The van der Waals surface area contributed by atoms with Crippen LogP contribution in [-0.2, 0) is 17.8 Å². The molecular weight excluding hydrogens is 264 g/mol. The minimum atomic E-state index is -0.392. The van der Waals surface area contributed by atoms with E-state index in [1.54, 1.807) is 12.4 Å². The minimum Gasteiger partial charge on any atom is -0.380 e. The van der Waals surface area contributed by atoms with Crippen molar-refractivity contribution in [1.82, 2.24) is 9.78 Å². The molecule has 3 N–H and O–H groups in total. The fourth-order valence-electron chi connectivity index (χ4n) is 2.29. The van der Waals surface area contributed by atoms with Gasteiger partial charge in [-0.3, -0.25) is 9.48 Å². The first-order chi connectivity index (χ1) is 10.0. The van der Waals surface area contributed by atoms with Crippen LogP contribution in [0.15, 0.2) is 36.7 Å². The molecule has 2 rings (SSSR count). The number of hydrogen-bond acceptors (Lipinski definition) is 3. The van der Waals surface area contributed by atoms with Gasteiger partial charge in [-0.15, -0.1) is 0 Å². The van der Waals surface area contributed by atoms with Crippen LogP contribution in [0.25, 0.3) is 0 Å². The monoisotopic (exact) mass is 286 g/mol. The van der Waals surface area contributed by atoms with Crippen LogP contribution in [0.2, 0.25) is 0 Å². The fourth-order valence-corrected chi connectivity index (χ4v) is 2.29. The Morgan fingerprint density at radius 3 is 3.00 bits per heavy atom. The Balaban J connectivity index is 1.82. The third kappa shape index (κ3) is 4.95. The van der Waals surface area contributed by atoms with E-state index in [4.69, 9.17) is 5.73 Å². The van der Waals surface area contributed by atoms with Gasteiger partial charge in [0.15, 0.2) is 0 Å². The van der Waals surface area contributed by atoms with Crippen molar-refractivity contribution in [3.63, 3.8) is 0 Å². The van der Waals surface area contributed by atoms with Gasteiger partial charge < -0.3 is 11.1 Å². The molecule has 1 unspecified atom stereocenters. The van der Waals surface area contributed by atoms with Crippen LogP contribution in [0.5, 0.6) is 0 Å². The third-order valence-electron chi connectivity index (χ3n) is 3.31. The zero-order valence-electron chi connectivity index (χ0n) is 12.5. The van der Waals surface area contributed by atoms with Crippen molar-refractivity contribution in [3.8, 4) is 0 Å². The average Bonchev–Trinajstić information content (AvgIpc) is 2.83.